The Morgan fingerprint density at radius 1 is 1.21 bits per heavy atom. The molecule has 1 aliphatic carbocycles. The van der Waals surface area contributed by atoms with E-state index in [-0.39, 0.29) is 11.8 Å². The molecule has 6 heteroatoms. The maximum absolute atomic E-state index is 12.0. The zero-order valence-corrected chi connectivity index (χ0v) is 13.1. The summed E-state index contributed by atoms with van der Waals surface area (Å²) in [6.07, 6.45) is 4.72. The van der Waals surface area contributed by atoms with Crippen LogP contribution in [0.5, 0.6) is 0 Å². The second-order valence-electron chi connectivity index (χ2n) is 6.52. The van der Waals surface area contributed by atoms with Crippen LogP contribution in [0.25, 0.3) is 0 Å². The first-order valence-corrected chi connectivity index (χ1v) is 8.20. The number of rotatable bonds is 2. The predicted molar refractivity (Wildman–Crippen MR) is 91.0 cm³/mol. The maximum atomic E-state index is 12.0. The molecule has 6 nitrogen and oxygen atoms in total. The van der Waals surface area contributed by atoms with Crippen molar-refractivity contribution in [3.05, 3.63) is 58.8 Å². The molecule has 1 atom stereocenters. The standard InChI is InChI=1S/C18H17N5O/c24-18-13-6-3-7-14-16(13)17(21-22-18)20-15(19-14)10-23-8-11-4-1-2-5-12(11)9-23/h1-5,7,13H,6,8-10H2,(H,22,24)(H,19,20,21). The number of benzene rings is 1. The molecule has 0 radical (unpaired) electrons. The van der Waals surface area contributed by atoms with Crippen LogP contribution in [0.15, 0.2) is 57.8 Å². The molecule has 0 fully saturated rings. The molecule has 2 N–H and O–H groups in total. The van der Waals surface area contributed by atoms with Crippen LogP contribution in [0.2, 0.25) is 0 Å². The zero-order valence-electron chi connectivity index (χ0n) is 13.1. The Balaban J connectivity index is 1.41. The van der Waals surface area contributed by atoms with Gasteiger partial charge in [-0.15, -0.1) is 0 Å². The van der Waals surface area contributed by atoms with E-state index in [1.54, 1.807) is 0 Å². The van der Waals surface area contributed by atoms with Crippen molar-refractivity contribution < 1.29 is 4.79 Å². The van der Waals surface area contributed by atoms with Crippen LogP contribution in [0, 0.1) is 5.92 Å². The van der Waals surface area contributed by atoms with Crippen LogP contribution in [-0.2, 0) is 17.9 Å². The Kier molecular flexibility index (Phi) is 2.93. The highest BCUT2D eigenvalue weighted by molar-refractivity contribution is 6.16. The molecule has 1 unspecified atom stereocenters. The first kappa shape index (κ1) is 13.7. The minimum Gasteiger partial charge on any atom is -0.326 e. The normalized spacial score (nSPS) is 24.7. The van der Waals surface area contributed by atoms with Crippen molar-refractivity contribution in [2.24, 2.45) is 16.0 Å². The summed E-state index contributed by atoms with van der Waals surface area (Å²) in [4.78, 5) is 19.1. The highest BCUT2D eigenvalue weighted by Crippen LogP contribution is 2.31. The molecule has 120 valence electrons. The number of fused-ring (bicyclic) bond motifs is 1. The summed E-state index contributed by atoms with van der Waals surface area (Å²) in [5, 5.41) is 7.50. The van der Waals surface area contributed by atoms with Gasteiger partial charge in [0, 0.05) is 18.7 Å². The molecule has 0 bridgehead atoms. The van der Waals surface area contributed by atoms with E-state index < -0.39 is 0 Å². The van der Waals surface area contributed by atoms with E-state index in [2.05, 4.69) is 45.0 Å². The highest BCUT2D eigenvalue weighted by atomic mass is 16.2. The fraction of sp³-hybridized carbons (Fsp3) is 0.278. The second kappa shape index (κ2) is 5.14. The smallest absolute Gasteiger partial charge is 0.248 e. The van der Waals surface area contributed by atoms with Crippen LogP contribution in [-0.4, -0.2) is 29.0 Å². The van der Waals surface area contributed by atoms with Gasteiger partial charge in [0.1, 0.15) is 5.84 Å². The van der Waals surface area contributed by atoms with Crippen molar-refractivity contribution in [3.8, 4) is 0 Å². The van der Waals surface area contributed by atoms with Gasteiger partial charge in [0.2, 0.25) is 5.91 Å². The number of aliphatic imine (C=N–C) groups is 1. The van der Waals surface area contributed by atoms with Gasteiger partial charge >= 0.3 is 0 Å². The lowest BCUT2D eigenvalue weighted by Gasteiger charge is -2.31. The van der Waals surface area contributed by atoms with E-state index in [4.69, 9.17) is 4.99 Å². The Hall–Kier alpha value is -2.73. The average Bonchev–Trinajstić information content (AvgIpc) is 3.00. The minimum absolute atomic E-state index is 0.0500. The first-order valence-electron chi connectivity index (χ1n) is 8.20. The number of hydrazone groups is 1. The molecular weight excluding hydrogens is 302 g/mol. The van der Waals surface area contributed by atoms with Gasteiger partial charge in [0.05, 0.1) is 18.2 Å². The van der Waals surface area contributed by atoms with Crippen LogP contribution >= 0.6 is 0 Å². The van der Waals surface area contributed by atoms with Crippen molar-refractivity contribution in [1.82, 2.24) is 15.6 Å². The zero-order chi connectivity index (χ0) is 16.1. The number of hydrogen-bond acceptors (Lipinski definition) is 5. The largest absolute Gasteiger partial charge is 0.326 e. The van der Waals surface area contributed by atoms with E-state index in [9.17, 15) is 4.79 Å². The third kappa shape index (κ3) is 2.11. The number of nitrogens with one attached hydrogen (secondary N) is 2. The summed E-state index contributed by atoms with van der Waals surface area (Å²) >= 11 is 0. The summed E-state index contributed by atoms with van der Waals surface area (Å²) in [7, 11) is 0. The fourth-order valence-corrected chi connectivity index (χ4v) is 3.78. The minimum atomic E-state index is -0.175. The van der Waals surface area contributed by atoms with Gasteiger partial charge in [-0.25, -0.2) is 10.4 Å². The number of carbonyl (C=O) groups is 1. The monoisotopic (exact) mass is 319 g/mol. The van der Waals surface area contributed by atoms with Crippen molar-refractivity contribution in [3.63, 3.8) is 0 Å². The average molecular weight is 319 g/mol. The molecule has 3 heterocycles. The Morgan fingerprint density at radius 3 is 2.79 bits per heavy atom. The molecule has 5 rings (SSSR count). The van der Waals surface area contributed by atoms with E-state index in [0.717, 1.165) is 42.6 Å². The summed E-state index contributed by atoms with van der Waals surface area (Å²) in [5.74, 6) is 1.39. The van der Waals surface area contributed by atoms with Gasteiger partial charge in [-0.2, -0.15) is 5.10 Å². The van der Waals surface area contributed by atoms with Gasteiger partial charge in [-0.1, -0.05) is 30.3 Å². The molecule has 0 aromatic heterocycles. The van der Waals surface area contributed by atoms with Gasteiger partial charge in [-0.3, -0.25) is 9.69 Å². The summed E-state index contributed by atoms with van der Waals surface area (Å²) < 4.78 is 0. The van der Waals surface area contributed by atoms with E-state index >= 15 is 0 Å². The van der Waals surface area contributed by atoms with Gasteiger partial charge in [-0.05, 0) is 23.6 Å². The second-order valence-corrected chi connectivity index (χ2v) is 6.52. The number of carbonyl (C=O) groups excluding carboxylic acids is 1. The third-order valence-electron chi connectivity index (χ3n) is 4.92. The lowest BCUT2D eigenvalue weighted by molar-refractivity contribution is -0.124. The number of nitrogens with zero attached hydrogens (tertiary/aromatic N) is 3. The van der Waals surface area contributed by atoms with Crippen LogP contribution < -0.4 is 10.7 Å². The molecule has 1 aromatic carbocycles. The number of amidine groups is 2. The lowest BCUT2D eigenvalue weighted by atomic mass is 9.86. The Morgan fingerprint density at radius 2 is 2.00 bits per heavy atom. The lowest BCUT2D eigenvalue weighted by Crippen LogP contribution is -2.49. The van der Waals surface area contributed by atoms with Gasteiger partial charge < -0.3 is 5.32 Å². The van der Waals surface area contributed by atoms with Crippen molar-refractivity contribution in [2.75, 3.05) is 6.54 Å². The topological polar surface area (TPSA) is 69.1 Å². The van der Waals surface area contributed by atoms with E-state index in [0.29, 0.717) is 6.42 Å². The van der Waals surface area contributed by atoms with E-state index in [1.807, 2.05) is 12.2 Å². The van der Waals surface area contributed by atoms with E-state index in [1.165, 1.54) is 11.1 Å². The highest BCUT2D eigenvalue weighted by Gasteiger charge is 2.36. The van der Waals surface area contributed by atoms with Crippen LogP contribution in [0.1, 0.15) is 17.5 Å². The van der Waals surface area contributed by atoms with Gasteiger partial charge in [0.25, 0.3) is 0 Å². The SMILES string of the molecule is O=C1NN=C2NC(CN3Cc4ccccc4C3)=NC3=C2C1CC=C3. The molecule has 3 aliphatic heterocycles. The molecule has 0 saturated carbocycles. The Labute approximate surface area is 139 Å². The summed E-state index contributed by atoms with van der Waals surface area (Å²) in [6.45, 7) is 2.60. The molecule has 24 heavy (non-hydrogen) atoms. The van der Waals surface area contributed by atoms with Crippen LogP contribution in [0.4, 0.5) is 0 Å². The van der Waals surface area contributed by atoms with Gasteiger partial charge in [0.15, 0.2) is 5.84 Å². The maximum Gasteiger partial charge on any atom is 0.248 e. The van der Waals surface area contributed by atoms with Crippen LogP contribution in [0.3, 0.4) is 0 Å². The number of allylic oxidation sites excluding steroid dienone is 2. The molecular formula is C18H17N5O. The predicted octanol–water partition coefficient (Wildman–Crippen LogP) is 1.28. The quantitative estimate of drug-likeness (QED) is 0.863. The molecule has 4 aliphatic rings. The number of hydrogen-bond donors (Lipinski definition) is 2. The Bertz CT molecular complexity index is 839. The molecule has 1 amide bonds. The summed E-state index contributed by atoms with van der Waals surface area (Å²) in [5.41, 5.74) is 7.17. The molecule has 0 saturated heterocycles. The summed E-state index contributed by atoms with van der Waals surface area (Å²) in [6, 6.07) is 8.53. The van der Waals surface area contributed by atoms with Crippen molar-refractivity contribution in [1.29, 1.82) is 0 Å². The third-order valence-corrected chi connectivity index (χ3v) is 4.92. The molecule has 1 aromatic rings. The van der Waals surface area contributed by atoms with Crippen molar-refractivity contribution >= 4 is 17.6 Å². The fourth-order valence-electron chi connectivity index (χ4n) is 3.78. The number of amides is 1. The first-order chi connectivity index (χ1) is 11.8. The molecule has 0 spiro atoms. The van der Waals surface area contributed by atoms with Crippen molar-refractivity contribution in [2.45, 2.75) is 19.5 Å².